The number of carbonyl (C=O) groups is 2. The van der Waals surface area contributed by atoms with Crippen molar-refractivity contribution in [3.05, 3.63) is 12.2 Å². The van der Waals surface area contributed by atoms with E-state index in [4.69, 9.17) is 4.74 Å². The fourth-order valence-electron chi connectivity index (χ4n) is 3.05. The lowest BCUT2D eigenvalue weighted by molar-refractivity contribution is -0.149. The van der Waals surface area contributed by atoms with Crippen LogP contribution in [-0.4, -0.2) is 47.2 Å². The largest absolute Gasteiger partial charge is 0.481 e. The molecule has 2 bridgehead atoms. The van der Waals surface area contributed by atoms with Gasteiger partial charge in [-0.3, -0.25) is 9.59 Å². The van der Waals surface area contributed by atoms with E-state index >= 15 is 0 Å². The van der Waals surface area contributed by atoms with Crippen LogP contribution >= 0.6 is 0 Å². The molecule has 0 aromatic rings. The van der Waals surface area contributed by atoms with E-state index in [1.807, 2.05) is 6.08 Å². The molecular weight excluding hydrogens is 222 g/mol. The van der Waals surface area contributed by atoms with E-state index in [9.17, 15) is 14.7 Å². The molecule has 3 aliphatic heterocycles. The number of likely N-dealkylation sites (tertiary alicyclic amines) is 1. The summed E-state index contributed by atoms with van der Waals surface area (Å²) in [6, 6.07) is 0. The third kappa shape index (κ3) is 1.57. The van der Waals surface area contributed by atoms with Crippen molar-refractivity contribution < 1.29 is 19.4 Å². The average molecular weight is 237 g/mol. The Bertz CT molecular complexity index is 386. The quantitative estimate of drug-likeness (QED) is 0.700. The van der Waals surface area contributed by atoms with Crippen molar-refractivity contribution in [1.82, 2.24) is 4.90 Å². The lowest BCUT2D eigenvalue weighted by Crippen LogP contribution is -2.43. The van der Waals surface area contributed by atoms with Gasteiger partial charge in [0.05, 0.1) is 18.1 Å². The van der Waals surface area contributed by atoms with Gasteiger partial charge in [-0.05, 0) is 12.8 Å². The van der Waals surface area contributed by atoms with E-state index in [-0.39, 0.29) is 12.0 Å². The fraction of sp³-hybridized carbons (Fsp3) is 0.667. The third-order valence-corrected chi connectivity index (χ3v) is 3.89. The Labute approximate surface area is 99.0 Å². The van der Waals surface area contributed by atoms with Gasteiger partial charge in [0.1, 0.15) is 5.92 Å². The van der Waals surface area contributed by atoms with E-state index in [0.29, 0.717) is 0 Å². The summed E-state index contributed by atoms with van der Waals surface area (Å²) in [7, 11) is 0. The van der Waals surface area contributed by atoms with E-state index in [1.165, 1.54) is 0 Å². The van der Waals surface area contributed by atoms with Gasteiger partial charge in [0.15, 0.2) is 0 Å². The summed E-state index contributed by atoms with van der Waals surface area (Å²) >= 11 is 0. The zero-order valence-corrected chi connectivity index (χ0v) is 9.41. The Morgan fingerprint density at radius 2 is 1.71 bits per heavy atom. The first kappa shape index (κ1) is 10.8. The molecule has 1 amide bonds. The van der Waals surface area contributed by atoms with Crippen molar-refractivity contribution in [3.63, 3.8) is 0 Å². The number of aliphatic carboxylic acids is 1. The highest BCUT2D eigenvalue weighted by Crippen LogP contribution is 2.40. The molecule has 0 unspecified atom stereocenters. The number of carbonyl (C=O) groups excluding carboxylic acids is 1. The van der Waals surface area contributed by atoms with Crippen LogP contribution in [0.5, 0.6) is 0 Å². The summed E-state index contributed by atoms with van der Waals surface area (Å²) < 4.78 is 5.50. The first-order valence-electron chi connectivity index (χ1n) is 6.04. The first-order valence-corrected chi connectivity index (χ1v) is 6.04. The number of amides is 1. The molecule has 0 aromatic carbocycles. The number of nitrogens with zero attached hydrogens (tertiary/aromatic N) is 1. The Morgan fingerprint density at radius 1 is 1.12 bits per heavy atom. The van der Waals surface area contributed by atoms with E-state index in [0.717, 1.165) is 25.9 Å². The van der Waals surface area contributed by atoms with Gasteiger partial charge in [0.25, 0.3) is 0 Å². The summed E-state index contributed by atoms with van der Waals surface area (Å²) in [5.74, 6) is -2.22. The zero-order valence-electron chi connectivity index (χ0n) is 9.41. The molecule has 92 valence electrons. The van der Waals surface area contributed by atoms with Gasteiger partial charge in [-0.15, -0.1) is 0 Å². The minimum atomic E-state index is -0.931. The SMILES string of the molecule is O=C(O)[C@H]1[C@H](C(=O)N2CCCC2)[C@H]2C=C[C@H]1O2. The summed E-state index contributed by atoms with van der Waals surface area (Å²) in [6.45, 7) is 1.51. The van der Waals surface area contributed by atoms with Crippen molar-refractivity contribution >= 4 is 11.9 Å². The molecule has 2 fully saturated rings. The maximum absolute atomic E-state index is 12.3. The zero-order chi connectivity index (χ0) is 12.0. The standard InChI is InChI=1S/C12H15NO4/c14-11(13-5-1-2-6-13)9-7-3-4-8(17-7)10(9)12(15)16/h3-4,7-10H,1-2,5-6H2,(H,15,16)/t7-,8-,9-,10-/m1/s1. The molecule has 0 radical (unpaired) electrons. The highest BCUT2D eigenvalue weighted by atomic mass is 16.5. The lowest BCUT2D eigenvalue weighted by atomic mass is 9.82. The van der Waals surface area contributed by atoms with E-state index in [1.54, 1.807) is 11.0 Å². The average Bonchev–Trinajstić information content (AvgIpc) is 3.02. The van der Waals surface area contributed by atoms with Gasteiger partial charge in [-0.2, -0.15) is 0 Å². The molecule has 17 heavy (non-hydrogen) atoms. The molecule has 5 nitrogen and oxygen atoms in total. The summed E-state index contributed by atoms with van der Waals surface area (Å²) in [4.78, 5) is 25.3. The monoisotopic (exact) mass is 237 g/mol. The minimum absolute atomic E-state index is 0.0493. The van der Waals surface area contributed by atoms with Crippen LogP contribution in [-0.2, 0) is 14.3 Å². The summed E-state index contributed by atoms with van der Waals surface area (Å²) in [5, 5.41) is 9.21. The van der Waals surface area contributed by atoms with Gasteiger partial charge in [-0.1, -0.05) is 12.2 Å². The maximum Gasteiger partial charge on any atom is 0.310 e. The lowest BCUT2D eigenvalue weighted by Gasteiger charge is -2.25. The number of hydrogen-bond donors (Lipinski definition) is 1. The highest BCUT2D eigenvalue weighted by molar-refractivity contribution is 5.87. The maximum atomic E-state index is 12.3. The van der Waals surface area contributed by atoms with Gasteiger partial charge in [0.2, 0.25) is 5.91 Å². The summed E-state index contributed by atoms with van der Waals surface area (Å²) in [6.07, 6.45) is 4.85. The number of carboxylic acids is 1. The molecule has 0 saturated carbocycles. The van der Waals surface area contributed by atoms with Crippen LogP contribution in [0.1, 0.15) is 12.8 Å². The Morgan fingerprint density at radius 3 is 2.29 bits per heavy atom. The molecule has 0 aromatic heterocycles. The number of carboxylic acid groups (broad SMARTS) is 1. The van der Waals surface area contributed by atoms with E-state index in [2.05, 4.69) is 0 Å². The van der Waals surface area contributed by atoms with Crippen LogP contribution in [0, 0.1) is 11.8 Å². The Hall–Kier alpha value is -1.36. The first-order chi connectivity index (χ1) is 8.18. The van der Waals surface area contributed by atoms with Crippen LogP contribution in [0.2, 0.25) is 0 Å². The molecule has 3 rings (SSSR count). The molecule has 4 atom stereocenters. The van der Waals surface area contributed by atoms with Gasteiger partial charge in [-0.25, -0.2) is 0 Å². The molecule has 0 aliphatic carbocycles. The summed E-state index contributed by atoms with van der Waals surface area (Å²) in [5.41, 5.74) is 0. The smallest absolute Gasteiger partial charge is 0.310 e. The molecule has 2 saturated heterocycles. The fourth-order valence-corrected chi connectivity index (χ4v) is 3.05. The van der Waals surface area contributed by atoms with Crippen LogP contribution in [0.4, 0.5) is 0 Å². The Kier molecular flexibility index (Phi) is 2.43. The molecule has 0 spiro atoms. The van der Waals surface area contributed by atoms with Crippen LogP contribution in [0.15, 0.2) is 12.2 Å². The molecule has 3 aliphatic rings. The normalized spacial score (nSPS) is 38.9. The second-order valence-electron chi connectivity index (χ2n) is 4.87. The predicted octanol–water partition coefficient (Wildman–Crippen LogP) is 0.263. The number of fused-ring (bicyclic) bond motifs is 2. The van der Waals surface area contributed by atoms with Gasteiger partial charge >= 0.3 is 5.97 Å². The van der Waals surface area contributed by atoms with Gasteiger partial charge < -0.3 is 14.7 Å². The number of ether oxygens (including phenoxy) is 1. The number of hydrogen-bond acceptors (Lipinski definition) is 3. The van der Waals surface area contributed by atoms with Crippen molar-refractivity contribution in [2.75, 3.05) is 13.1 Å². The van der Waals surface area contributed by atoms with Crippen LogP contribution in [0.25, 0.3) is 0 Å². The second-order valence-corrected chi connectivity index (χ2v) is 4.87. The topological polar surface area (TPSA) is 66.8 Å². The van der Waals surface area contributed by atoms with Crippen LogP contribution < -0.4 is 0 Å². The van der Waals surface area contributed by atoms with Crippen molar-refractivity contribution in [3.8, 4) is 0 Å². The van der Waals surface area contributed by atoms with Gasteiger partial charge in [0, 0.05) is 13.1 Å². The minimum Gasteiger partial charge on any atom is -0.481 e. The molecular formula is C12H15NO4. The number of rotatable bonds is 2. The molecule has 5 heteroatoms. The second kappa shape index (κ2) is 3.84. The van der Waals surface area contributed by atoms with E-state index < -0.39 is 23.9 Å². The van der Waals surface area contributed by atoms with Crippen molar-refractivity contribution in [2.24, 2.45) is 11.8 Å². The third-order valence-electron chi connectivity index (χ3n) is 3.89. The Balaban J connectivity index is 1.83. The highest BCUT2D eigenvalue weighted by Gasteiger charge is 2.54. The molecule has 1 N–H and O–H groups in total. The predicted molar refractivity (Wildman–Crippen MR) is 58.2 cm³/mol. The molecule has 3 heterocycles. The van der Waals surface area contributed by atoms with Crippen molar-refractivity contribution in [2.45, 2.75) is 25.0 Å². The van der Waals surface area contributed by atoms with Crippen molar-refractivity contribution in [1.29, 1.82) is 0 Å². The van der Waals surface area contributed by atoms with Crippen LogP contribution in [0.3, 0.4) is 0 Å².